The van der Waals surface area contributed by atoms with Gasteiger partial charge in [-0.25, -0.2) is 4.98 Å². The summed E-state index contributed by atoms with van der Waals surface area (Å²) in [4.78, 5) is 27.0. The Morgan fingerprint density at radius 2 is 1.74 bits per heavy atom. The average Bonchev–Trinajstić information content (AvgIpc) is 4.06. The van der Waals surface area contributed by atoms with Crippen LogP contribution in [-0.2, 0) is 4.79 Å². The molecule has 1 spiro atoms. The Balaban J connectivity index is 1.33. The lowest BCUT2D eigenvalue weighted by molar-refractivity contribution is -0.111. The highest BCUT2D eigenvalue weighted by Crippen LogP contribution is 2.51. The van der Waals surface area contributed by atoms with E-state index in [2.05, 4.69) is 38.4 Å². The van der Waals surface area contributed by atoms with Crippen LogP contribution in [0.15, 0.2) is 54.3 Å². The summed E-state index contributed by atoms with van der Waals surface area (Å²) in [7, 11) is 4.73. The molecule has 3 fully saturated rings. The Bertz CT molecular complexity index is 2040. The predicted octanol–water partition coefficient (Wildman–Crippen LogP) is 7.78. The SMILES string of the molecule is C=CC(=O)Nc1cc(/C(=C/c2c(C)cc(-c3c(Cl)c(OC)cc(OC)c3Cl)c3nccn23)N=C)c(OC)cc1N1CCN(C2CC2)C2(CC2)C1. The molecule has 1 aliphatic heterocycles. The molecule has 10 nitrogen and oxygen atoms in total. The zero-order valence-electron chi connectivity index (χ0n) is 28.7. The Morgan fingerprint density at radius 3 is 2.34 bits per heavy atom. The molecule has 12 heteroatoms. The van der Waals surface area contributed by atoms with Crippen LogP contribution < -0.4 is 24.4 Å². The van der Waals surface area contributed by atoms with Crippen LogP contribution in [0.25, 0.3) is 28.5 Å². The van der Waals surface area contributed by atoms with E-state index in [1.807, 2.05) is 41.8 Å². The van der Waals surface area contributed by atoms with E-state index in [9.17, 15) is 4.79 Å². The maximum Gasteiger partial charge on any atom is 0.247 e. The fourth-order valence-corrected chi connectivity index (χ4v) is 8.00. The van der Waals surface area contributed by atoms with Gasteiger partial charge in [0.1, 0.15) is 22.9 Å². The van der Waals surface area contributed by atoms with Crippen LogP contribution in [0, 0.1) is 6.92 Å². The zero-order chi connectivity index (χ0) is 35.3. The third-order valence-electron chi connectivity index (χ3n) is 10.1. The maximum atomic E-state index is 12.8. The molecule has 260 valence electrons. The number of piperazine rings is 1. The second-order valence-corrected chi connectivity index (χ2v) is 13.8. The number of carbonyl (C=O) groups excluding carboxylic acids is 1. The number of halogens is 2. The lowest BCUT2D eigenvalue weighted by Gasteiger charge is -2.44. The molecule has 4 aromatic rings. The van der Waals surface area contributed by atoms with Gasteiger partial charge in [0.15, 0.2) is 0 Å². The summed E-state index contributed by atoms with van der Waals surface area (Å²) in [6, 6.07) is 8.27. The molecule has 2 saturated carbocycles. The van der Waals surface area contributed by atoms with Crippen molar-refractivity contribution in [1.29, 1.82) is 0 Å². The number of hydrogen-bond acceptors (Lipinski definition) is 8. The van der Waals surface area contributed by atoms with E-state index in [-0.39, 0.29) is 11.4 Å². The smallest absolute Gasteiger partial charge is 0.247 e. The molecule has 1 amide bonds. The van der Waals surface area contributed by atoms with Crippen LogP contribution in [0.1, 0.15) is 42.5 Å². The monoisotopic (exact) mass is 714 g/mol. The fourth-order valence-electron chi connectivity index (χ4n) is 7.30. The molecule has 3 heterocycles. The van der Waals surface area contributed by atoms with Gasteiger partial charge in [0.25, 0.3) is 0 Å². The molecule has 1 N–H and O–H groups in total. The molecular formula is C38H40Cl2N6O4. The van der Waals surface area contributed by atoms with Gasteiger partial charge in [-0.3, -0.25) is 19.1 Å². The lowest BCUT2D eigenvalue weighted by atomic mass is 10.0. The summed E-state index contributed by atoms with van der Waals surface area (Å²) in [6.07, 6.45) is 11.8. The van der Waals surface area contributed by atoms with Gasteiger partial charge < -0.3 is 24.4 Å². The normalized spacial score (nSPS) is 17.2. The summed E-state index contributed by atoms with van der Waals surface area (Å²) in [5, 5.41) is 3.75. The number of fused-ring (bicyclic) bond motifs is 1. The van der Waals surface area contributed by atoms with Gasteiger partial charge in [0.05, 0.1) is 54.1 Å². The van der Waals surface area contributed by atoms with E-state index in [0.29, 0.717) is 61.0 Å². The van der Waals surface area contributed by atoms with Crippen LogP contribution in [0.2, 0.25) is 10.0 Å². The largest absolute Gasteiger partial charge is 0.496 e. The third-order valence-corrected chi connectivity index (χ3v) is 10.8. The number of benzene rings is 2. The number of imidazole rings is 1. The topological polar surface area (TPSA) is 92.9 Å². The molecular weight excluding hydrogens is 675 g/mol. The number of aliphatic imine (C=N–C) groups is 1. The standard InChI is InChI=1S/C38H40Cl2N6O4/c1-7-33(47)43-27-17-24(30(48-4)19-29(27)44-14-15-46(23-8-9-23)38(21-44)10-11-38)26(41-3)18-28-22(2)16-25(37-42-12-13-45(28)37)34-35(39)31(49-5)20-32(50-6)36(34)40/h7,12-13,16-20,23H,1,3,8-11,14-15,21H2,2,4-6H3,(H,43,47)/b26-18-. The number of nitrogens with zero attached hydrogens (tertiary/aromatic N) is 5. The van der Waals surface area contributed by atoms with Gasteiger partial charge >= 0.3 is 0 Å². The minimum absolute atomic E-state index is 0.211. The van der Waals surface area contributed by atoms with Crippen molar-refractivity contribution in [3.05, 3.63) is 76.2 Å². The highest BCUT2D eigenvalue weighted by atomic mass is 35.5. The molecule has 7 rings (SSSR count). The summed E-state index contributed by atoms with van der Waals surface area (Å²) < 4.78 is 19.0. The van der Waals surface area contributed by atoms with Gasteiger partial charge in [0, 0.05) is 72.4 Å². The Kier molecular flexibility index (Phi) is 9.05. The number of methoxy groups -OCH3 is 3. The number of ether oxygens (including phenoxy) is 3. The average molecular weight is 716 g/mol. The molecule has 2 aliphatic carbocycles. The van der Waals surface area contributed by atoms with Gasteiger partial charge in [-0.15, -0.1) is 0 Å². The van der Waals surface area contributed by atoms with Gasteiger partial charge in [-0.2, -0.15) is 0 Å². The number of amides is 1. The van der Waals surface area contributed by atoms with Crippen molar-refractivity contribution in [3.8, 4) is 28.4 Å². The van der Waals surface area contributed by atoms with Crippen LogP contribution in [-0.4, -0.2) is 79.5 Å². The minimum atomic E-state index is -0.296. The first-order chi connectivity index (χ1) is 24.2. The Morgan fingerprint density at radius 1 is 1.04 bits per heavy atom. The molecule has 0 unspecified atom stereocenters. The van der Waals surface area contributed by atoms with Crippen molar-refractivity contribution >= 4 is 64.6 Å². The molecule has 2 aromatic heterocycles. The first-order valence-electron chi connectivity index (χ1n) is 16.6. The number of rotatable bonds is 11. The number of pyridine rings is 1. The van der Waals surface area contributed by atoms with E-state index in [1.54, 1.807) is 33.6 Å². The van der Waals surface area contributed by atoms with Gasteiger partial charge in [0.2, 0.25) is 5.91 Å². The van der Waals surface area contributed by atoms with Crippen LogP contribution >= 0.6 is 23.2 Å². The first-order valence-corrected chi connectivity index (χ1v) is 17.4. The maximum absolute atomic E-state index is 12.8. The third kappa shape index (κ3) is 5.89. The second-order valence-electron chi connectivity index (χ2n) is 13.1. The molecule has 3 aliphatic rings. The number of aromatic nitrogens is 2. The number of hydrogen-bond donors (Lipinski definition) is 1. The summed E-state index contributed by atoms with van der Waals surface area (Å²) >= 11 is 13.7. The number of nitrogens with one attached hydrogen (secondary N) is 1. The molecule has 50 heavy (non-hydrogen) atoms. The van der Waals surface area contributed by atoms with Crippen molar-refractivity contribution in [2.45, 2.75) is 44.2 Å². The van der Waals surface area contributed by atoms with E-state index >= 15 is 0 Å². The molecule has 1 saturated heterocycles. The number of carbonyl (C=O) groups is 1. The van der Waals surface area contributed by atoms with E-state index in [4.69, 9.17) is 37.4 Å². The highest BCUT2D eigenvalue weighted by Gasteiger charge is 2.55. The Hall–Kier alpha value is -4.51. The van der Waals surface area contributed by atoms with Crippen molar-refractivity contribution in [2.24, 2.45) is 4.99 Å². The number of anilines is 2. The highest BCUT2D eigenvalue weighted by molar-refractivity contribution is 6.41. The minimum Gasteiger partial charge on any atom is -0.496 e. The predicted molar refractivity (Wildman–Crippen MR) is 202 cm³/mol. The second kappa shape index (κ2) is 13.3. The van der Waals surface area contributed by atoms with Crippen molar-refractivity contribution < 1.29 is 19.0 Å². The Labute approximate surface area is 301 Å². The zero-order valence-corrected chi connectivity index (χ0v) is 30.2. The molecule has 0 bridgehead atoms. The van der Waals surface area contributed by atoms with Crippen LogP contribution in [0.5, 0.6) is 17.2 Å². The van der Waals surface area contributed by atoms with Gasteiger partial charge in [-0.05, 0) is 69.2 Å². The quantitative estimate of drug-likeness (QED) is 0.125. The fraction of sp³-hybridized carbons (Fsp3) is 0.342. The van der Waals surface area contributed by atoms with Crippen molar-refractivity contribution in [3.63, 3.8) is 0 Å². The summed E-state index contributed by atoms with van der Waals surface area (Å²) in [6.45, 7) is 12.4. The van der Waals surface area contributed by atoms with Crippen LogP contribution in [0.4, 0.5) is 11.4 Å². The van der Waals surface area contributed by atoms with Crippen LogP contribution in [0.3, 0.4) is 0 Å². The van der Waals surface area contributed by atoms with Crippen molar-refractivity contribution in [2.75, 3.05) is 51.2 Å². The lowest BCUT2D eigenvalue weighted by Crippen LogP contribution is -2.56. The number of aryl methyl sites for hydroxylation is 1. The summed E-state index contributed by atoms with van der Waals surface area (Å²) in [5.41, 5.74) is 6.56. The molecule has 2 aromatic carbocycles. The van der Waals surface area contributed by atoms with E-state index in [1.165, 1.54) is 31.8 Å². The van der Waals surface area contributed by atoms with Crippen molar-refractivity contribution in [1.82, 2.24) is 14.3 Å². The van der Waals surface area contributed by atoms with E-state index < -0.39 is 0 Å². The first kappa shape index (κ1) is 34.0. The summed E-state index contributed by atoms with van der Waals surface area (Å²) in [5.74, 6) is 1.18. The van der Waals surface area contributed by atoms with E-state index in [0.717, 1.165) is 42.6 Å². The van der Waals surface area contributed by atoms with Gasteiger partial charge in [-0.1, -0.05) is 29.8 Å². The molecule has 0 atom stereocenters. The molecule has 0 radical (unpaired) electrons.